The molecule has 0 aliphatic rings. The number of nitrogens with zero attached hydrogens (tertiary/aromatic N) is 2. The summed E-state index contributed by atoms with van der Waals surface area (Å²) in [6, 6.07) is 11.8. The van der Waals surface area contributed by atoms with Gasteiger partial charge in [-0.2, -0.15) is 0 Å². The third kappa shape index (κ3) is 3.00. The fraction of sp³-hybridized carbons (Fsp3) is 0.0455. The summed E-state index contributed by atoms with van der Waals surface area (Å²) in [6.07, 6.45) is 3.61. The Balaban J connectivity index is 1.94. The Kier molecular flexibility index (Phi) is 4.39. The Labute approximate surface area is 172 Å². The van der Waals surface area contributed by atoms with E-state index in [0.717, 1.165) is 11.1 Å². The molecule has 4 rings (SSSR count). The molecule has 0 unspecified atom stereocenters. The van der Waals surface area contributed by atoms with Crippen molar-refractivity contribution in [2.45, 2.75) is 6.92 Å². The SMILES string of the molecule is Cc1cc(-c2cccc(O)c2C(=N)N)cn2cc(-c3cccc(O)c3C(=N)N)nc12. The molecule has 0 radical (unpaired) electrons. The monoisotopic (exact) mass is 400 g/mol. The van der Waals surface area contributed by atoms with Crippen LogP contribution in [0.25, 0.3) is 28.0 Å². The number of pyridine rings is 1. The highest BCUT2D eigenvalue weighted by Gasteiger charge is 2.18. The van der Waals surface area contributed by atoms with E-state index in [1.54, 1.807) is 30.5 Å². The number of aromatic hydroxyl groups is 2. The minimum atomic E-state index is -0.247. The molecule has 0 fully saturated rings. The summed E-state index contributed by atoms with van der Waals surface area (Å²) in [6.45, 7) is 1.90. The van der Waals surface area contributed by atoms with E-state index in [1.807, 2.05) is 23.6 Å². The third-order valence-corrected chi connectivity index (χ3v) is 4.95. The van der Waals surface area contributed by atoms with Gasteiger partial charge in [0.05, 0.1) is 16.8 Å². The Hall–Kier alpha value is -4.33. The molecule has 0 aliphatic carbocycles. The zero-order valence-corrected chi connectivity index (χ0v) is 16.1. The van der Waals surface area contributed by atoms with Crippen LogP contribution in [0.4, 0.5) is 0 Å². The third-order valence-electron chi connectivity index (χ3n) is 4.95. The summed E-state index contributed by atoms with van der Waals surface area (Å²) in [5, 5.41) is 35.9. The standard InChI is InChI=1S/C22H20N6O2/c1-11-8-12(13-4-2-6-16(29)18(13)20(23)24)9-28-10-15(27-22(11)28)14-5-3-7-17(30)19(14)21(25)26/h2-10,29-30H,1H3,(H3,23,24)(H3,25,26). The van der Waals surface area contributed by atoms with Crippen LogP contribution in [0.5, 0.6) is 11.5 Å². The Morgan fingerprint density at radius 1 is 0.900 bits per heavy atom. The molecule has 30 heavy (non-hydrogen) atoms. The van der Waals surface area contributed by atoms with Gasteiger partial charge >= 0.3 is 0 Å². The molecule has 0 saturated carbocycles. The van der Waals surface area contributed by atoms with Gasteiger partial charge in [0.2, 0.25) is 0 Å². The second-order valence-corrected chi connectivity index (χ2v) is 7.00. The van der Waals surface area contributed by atoms with Crippen LogP contribution in [0.1, 0.15) is 16.7 Å². The summed E-state index contributed by atoms with van der Waals surface area (Å²) >= 11 is 0. The average Bonchev–Trinajstić information content (AvgIpc) is 3.11. The van der Waals surface area contributed by atoms with Gasteiger partial charge in [-0.05, 0) is 41.8 Å². The smallest absolute Gasteiger partial charge is 0.140 e. The zero-order valence-electron chi connectivity index (χ0n) is 16.1. The number of nitrogen functional groups attached to an aromatic ring is 2. The minimum Gasteiger partial charge on any atom is -0.507 e. The summed E-state index contributed by atoms with van der Waals surface area (Å²) in [7, 11) is 0. The molecule has 0 aliphatic heterocycles. The van der Waals surface area contributed by atoms with Gasteiger partial charge in [0.1, 0.15) is 28.8 Å². The molecule has 2 aromatic heterocycles. The van der Waals surface area contributed by atoms with Gasteiger partial charge in [0.25, 0.3) is 0 Å². The predicted molar refractivity (Wildman–Crippen MR) is 116 cm³/mol. The topological polar surface area (TPSA) is 158 Å². The number of rotatable bonds is 4. The number of amidine groups is 2. The number of aryl methyl sites for hydroxylation is 1. The van der Waals surface area contributed by atoms with Crippen molar-refractivity contribution in [3.8, 4) is 33.9 Å². The van der Waals surface area contributed by atoms with Crippen LogP contribution in [0, 0.1) is 17.7 Å². The van der Waals surface area contributed by atoms with E-state index < -0.39 is 0 Å². The molecule has 8 N–H and O–H groups in total. The lowest BCUT2D eigenvalue weighted by Crippen LogP contribution is -2.13. The van der Waals surface area contributed by atoms with Crippen LogP contribution in [-0.4, -0.2) is 31.3 Å². The molecule has 4 aromatic rings. The highest BCUT2D eigenvalue weighted by Crippen LogP contribution is 2.33. The van der Waals surface area contributed by atoms with E-state index in [1.165, 1.54) is 12.1 Å². The van der Waals surface area contributed by atoms with Gasteiger partial charge in [-0.15, -0.1) is 0 Å². The molecule has 150 valence electrons. The second-order valence-electron chi connectivity index (χ2n) is 7.00. The fourth-order valence-corrected chi connectivity index (χ4v) is 3.65. The van der Waals surface area contributed by atoms with Crippen molar-refractivity contribution < 1.29 is 10.2 Å². The highest BCUT2D eigenvalue weighted by atomic mass is 16.3. The van der Waals surface area contributed by atoms with Gasteiger partial charge in [0, 0.05) is 18.0 Å². The quantitative estimate of drug-likeness (QED) is 0.229. The molecule has 2 heterocycles. The van der Waals surface area contributed by atoms with Crippen LogP contribution < -0.4 is 11.5 Å². The van der Waals surface area contributed by atoms with Gasteiger partial charge in [-0.3, -0.25) is 10.8 Å². The number of fused-ring (bicyclic) bond motifs is 1. The molecule has 0 bridgehead atoms. The van der Waals surface area contributed by atoms with Crippen LogP contribution in [0.3, 0.4) is 0 Å². The van der Waals surface area contributed by atoms with Crippen LogP contribution >= 0.6 is 0 Å². The summed E-state index contributed by atoms with van der Waals surface area (Å²) < 4.78 is 1.82. The molecule has 0 atom stereocenters. The maximum absolute atomic E-state index is 10.2. The number of nitrogens with two attached hydrogens (primary N) is 2. The average molecular weight is 400 g/mol. The van der Waals surface area contributed by atoms with E-state index in [2.05, 4.69) is 4.98 Å². The van der Waals surface area contributed by atoms with E-state index in [4.69, 9.17) is 22.3 Å². The first kappa shape index (κ1) is 19.0. The van der Waals surface area contributed by atoms with E-state index >= 15 is 0 Å². The number of aromatic nitrogens is 2. The number of hydrogen-bond donors (Lipinski definition) is 6. The minimum absolute atomic E-state index is 0.0602. The van der Waals surface area contributed by atoms with Crippen molar-refractivity contribution in [1.29, 1.82) is 10.8 Å². The summed E-state index contributed by atoms with van der Waals surface area (Å²) in [5.41, 5.74) is 15.9. The number of benzene rings is 2. The van der Waals surface area contributed by atoms with Crippen LogP contribution in [0.15, 0.2) is 54.9 Å². The molecule has 8 heteroatoms. The Morgan fingerprint density at radius 2 is 1.47 bits per heavy atom. The van der Waals surface area contributed by atoms with Crippen molar-refractivity contribution in [2.75, 3.05) is 0 Å². The van der Waals surface area contributed by atoms with Gasteiger partial charge in [-0.1, -0.05) is 24.3 Å². The van der Waals surface area contributed by atoms with Crippen molar-refractivity contribution in [1.82, 2.24) is 9.38 Å². The van der Waals surface area contributed by atoms with Crippen molar-refractivity contribution in [2.24, 2.45) is 11.5 Å². The van der Waals surface area contributed by atoms with E-state index in [-0.39, 0.29) is 34.3 Å². The highest BCUT2D eigenvalue weighted by molar-refractivity contribution is 6.04. The molecule has 0 saturated heterocycles. The maximum atomic E-state index is 10.2. The van der Waals surface area contributed by atoms with Gasteiger partial charge in [0.15, 0.2) is 0 Å². The summed E-state index contributed by atoms with van der Waals surface area (Å²) in [5.74, 6) is -0.614. The number of phenolic OH excluding ortho intramolecular Hbond substituents is 2. The summed E-state index contributed by atoms with van der Waals surface area (Å²) in [4.78, 5) is 4.66. The van der Waals surface area contributed by atoms with E-state index in [0.29, 0.717) is 22.5 Å². The normalized spacial score (nSPS) is 11.0. The van der Waals surface area contributed by atoms with Crippen LogP contribution in [0.2, 0.25) is 0 Å². The molecule has 2 aromatic carbocycles. The van der Waals surface area contributed by atoms with Crippen molar-refractivity contribution in [3.05, 3.63) is 71.5 Å². The molecule has 0 spiro atoms. The van der Waals surface area contributed by atoms with Gasteiger partial charge in [-0.25, -0.2) is 4.98 Å². The molecule has 8 nitrogen and oxygen atoms in total. The lowest BCUT2D eigenvalue weighted by atomic mass is 9.98. The predicted octanol–water partition coefficient (Wildman–Crippen LogP) is 2.96. The van der Waals surface area contributed by atoms with E-state index in [9.17, 15) is 10.2 Å². The molecular formula is C22H20N6O2. The van der Waals surface area contributed by atoms with Gasteiger partial charge < -0.3 is 26.1 Å². The first-order valence-electron chi connectivity index (χ1n) is 9.10. The fourth-order valence-electron chi connectivity index (χ4n) is 3.65. The molecular weight excluding hydrogens is 380 g/mol. The maximum Gasteiger partial charge on any atom is 0.140 e. The Bertz CT molecular complexity index is 1340. The second kappa shape index (κ2) is 6.93. The first-order valence-corrected chi connectivity index (χ1v) is 9.10. The lowest BCUT2D eigenvalue weighted by Gasteiger charge is -2.11. The lowest BCUT2D eigenvalue weighted by molar-refractivity contribution is 0.473. The first-order chi connectivity index (χ1) is 14.3. The number of hydrogen-bond acceptors (Lipinski definition) is 5. The number of phenols is 2. The zero-order chi connectivity index (χ0) is 21.6. The number of nitrogens with one attached hydrogen (secondary N) is 2. The van der Waals surface area contributed by atoms with Crippen molar-refractivity contribution >= 4 is 17.3 Å². The Morgan fingerprint density at radius 3 is 2.07 bits per heavy atom. The van der Waals surface area contributed by atoms with Crippen molar-refractivity contribution in [3.63, 3.8) is 0 Å². The van der Waals surface area contributed by atoms with Crippen LogP contribution in [-0.2, 0) is 0 Å². The largest absolute Gasteiger partial charge is 0.507 e. The molecule has 0 amide bonds. The number of imidazole rings is 1.